The maximum atomic E-state index is 12.4. The normalized spacial score (nSPS) is 14.4. The summed E-state index contributed by atoms with van der Waals surface area (Å²) in [6.45, 7) is 14.7. The third-order valence-corrected chi connectivity index (χ3v) is 14.1. The van der Waals surface area contributed by atoms with Crippen LogP contribution in [0.4, 0.5) is 26.3 Å². The molecule has 0 unspecified atom stereocenters. The average molecular weight is 529 g/mol. The Morgan fingerprint density at radius 3 is 1.25 bits per heavy atom. The molecule has 0 aromatic rings. The zero-order valence-electron chi connectivity index (χ0n) is 20.6. The van der Waals surface area contributed by atoms with E-state index < -0.39 is 50.3 Å². The lowest BCUT2D eigenvalue weighted by Crippen LogP contribution is -2.52. The molecular formula is C20H42F6O3Si3. The minimum absolute atomic E-state index is 0.189. The van der Waals surface area contributed by atoms with Crippen LogP contribution in [0.2, 0.25) is 51.9 Å². The Morgan fingerprint density at radius 2 is 0.906 bits per heavy atom. The van der Waals surface area contributed by atoms with Crippen LogP contribution in [0.15, 0.2) is 0 Å². The van der Waals surface area contributed by atoms with Crippen molar-refractivity contribution in [2.24, 2.45) is 0 Å². The summed E-state index contributed by atoms with van der Waals surface area (Å²) in [4.78, 5) is 0. The van der Waals surface area contributed by atoms with E-state index >= 15 is 0 Å². The second-order valence-electron chi connectivity index (χ2n) is 10.5. The predicted octanol–water partition coefficient (Wildman–Crippen LogP) is 8.39. The molecule has 0 aliphatic carbocycles. The molecule has 0 bridgehead atoms. The van der Waals surface area contributed by atoms with Gasteiger partial charge in [0.15, 0.2) is 16.6 Å². The van der Waals surface area contributed by atoms with Gasteiger partial charge in [-0.2, -0.15) is 26.3 Å². The van der Waals surface area contributed by atoms with Crippen molar-refractivity contribution in [3.8, 4) is 0 Å². The number of ether oxygens (including phenoxy) is 1. The minimum Gasteiger partial charge on any atom is -0.437 e. The Labute approximate surface area is 193 Å². The first-order valence-electron chi connectivity index (χ1n) is 11.4. The molecule has 0 saturated carbocycles. The number of hydrogen-bond donors (Lipinski definition) is 0. The fourth-order valence-electron chi connectivity index (χ4n) is 3.60. The van der Waals surface area contributed by atoms with Crippen LogP contribution in [-0.2, 0) is 13.0 Å². The van der Waals surface area contributed by atoms with Crippen molar-refractivity contribution >= 4 is 25.2 Å². The topological polar surface area (TPSA) is 27.7 Å². The van der Waals surface area contributed by atoms with Gasteiger partial charge in [0.05, 0.1) is 0 Å². The van der Waals surface area contributed by atoms with Gasteiger partial charge in [-0.25, -0.2) is 0 Å². The van der Waals surface area contributed by atoms with E-state index in [9.17, 15) is 26.3 Å². The summed E-state index contributed by atoms with van der Waals surface area (Å²) in [7, 11) is -5.59. The molecule has 194 valence electrons. The average Bonchev–Trinajstić information content (AvgIpc) is 2.49. The summed E-state index contributed by atoms with van der Waals surface area (Å²) < 4.78 is 91.3. The standard InChI is InChI=1S/C20H42F6O3Si3/c1-30(2,3)28-32(7,29-31(4,5)6)17-15-13-11-9-8-10-12-14-16-27-18(19(21,22)23)20(24,25)26/h18H,8-17H2,1-7H3. The zero-order valence-corrected chi connectivity index (χ0v) is 23.6. The highest BCUT2D eigenvalue weighted by Gasteiger charge is 2.57. The van der Waals surface area contributed by atoms with Gasteiger partial charge in [-0.15, -0.1) is 0 Å². The maximum absolute atomic E-state index is 12.4. The van der Waals surface area contributed by atoms with E-state index in [2.05, 4.69) is 50.6 Å². The van der Waals surface area contributed by atoms with Crippen molar-refractivity contribution in [3.63, 3.8) is 0 Å². The van der Waals surface area contributed by atoms with Crippen LogP contribution in [0, 0.1) is 0 Å². The largest absolute Gasteiger partial charge is 0.437 e. The van der Waals surface area contributed by atoms with Crippen LogP contribution in [0.3, 0.4) is 0 Å². The number of rotatable bonds is 16. The van der Waals surface area contributed by atoms with E-state index in [1.165, 1.54) is 0 Å². The van der Waals surface area contributed by atoms with Gasteiger partial charge in [-0.3, -0.25) is 0 Å². The molecule has 0 fully saturated rings. The van der Waals surface area contributed by atoms with Gasteiger partial charge in [0.25, 0.3) is 0 Å². The third kappa shape index (κ3) is 16.7. The fourth-order valence-corrected chi connectivity index (χ4v) is 16.2. The summed E-state index contributed by atoms with van der Waals surface area (Å²) in [6, 6.07) is 0.971. The lowest BCUT2D eigenvalue weighted by Gasteiger charge is -2.38. The number of alkyl halides is 6. The summed E-state index contributed by atoms with van der Waals surface area (Å²) >= 11 is 0. The van der Waals surface area contributed by atoms with E-state index in [1.807, 2.05) is 0 Å². The van der Waals surface area contributed by atoms with E-state index in [1.54, 1.807) is 0 Å². The first-order chi connectivity index (χ1) is 14.3. The third-order valence-electron chi connectivity index (χ3n) is 4.45. The molecule has 0 amide bonds. The van der Waals surface area contributed by atoms with E-state index in [-0.39, 0.29) is 6.42 Å². The highest BCUT2D eigenvalue weighted by molar-refractivity contribution is 6.87. The monoisotopic (exact) mass is 528 g/mol. The van der Waals surface area contributed by atoms with Crippen LogP contribution in [0.1, 0.15) is 51.4 Å². The SMILES string of the molecule is C[Si](C)(C)O[Si](C)(CCCCCCCCCCOC(C(F)(F)F)C(F)(F)F)O[Si](C)(C)C. The summed E-state index contributed by atoms with van der Waals surface area (Å²) in [5, 5.41) is 0. The Balaban J connectivity index is 4.03. The van der Waals surface area contributed by atoms with Crippen molar-refractivity contribution < 1.29 is 39.3 Å². The smallest absolute Gasteiger partial charge is 0.423 e. The summed E-state index contributed by atoms with van der Waals surface area (Å²) in [6.07, 6.45) is -7.98. The Bertz CT molecular complexity index is 487. The van der Waals surface area contributed by atoms with Gasteiger partial charge in [-0.1, -0.05) is 44.9 Å². The number of unbranched alkanes of at least 4 members (excludes halogenated alkanes) is 7. The van der Waals surface area contributed by atoms with E-state index in [4.69, 9.17) is 8.23 Å². The second kappa shape index (κ2) is 13.3. The first-order valence-corrected chi connectivity index (χ1v) is 20.7. The molecule has 3 nitrogen and oxygen atoms in total. The molecule has 0 saturated heterocycles. The fraction of sp³-hybridized carbons (Fsp3) is 1.00. The van der Waals surface area contributed by atoms with Gasteiger partial charge in [0.2, 0.25) is 6.10 Å². The molecule has 0 atom stereocenters. The molecule has 0 rings (SSSR count). The Kier molecular flexibility index (Phi) is 13.3. The molecule has 0 spiro atoms. The van der Waals surface area contributed by atoms with Crippen LogP contribution in [0.25, 0.3) is 0 Å². The highest BCUT2D eigenvalue weighted by atomic mass is 28.5. The van der Waals surface area contributed by atoms with E-state index in [0.717, 1.165) is 44.6 Å². The molecule has 0 radical (unpaired) electrons. The zero-order chi connectivity index (χ0) is 25.3. The van der Waals surface area contributed by atoms with Crippen molar-refractivity contribution in [2.45, 2.75) is 122 Å². The first kappa shape index (κ1) is 32.1. The van der Waals surface area contributed by atoms with Gasteiger partial charge >= 0.3 is 20.9 Å². The van der Waals surface area contributed by atoms with Crippen LogP contribution in [0.5, 0.6) is 0 Å². The molecule has 0 aromatic carbocycles. The van der Waals surface area contributed by atoms with Gasteiger partial charge in [0, 0.05) is 6.61 Å². The van der Waals surface area contributed by atoms with Crippen molar-refractivity contribution in [3.05, 3.63) is 0 Å². The van der Waals surface area contributed by atoms with Crippen LogP contribution in [-0.4, -0.2) is 50.3 Å². The molecule has 0 aromatic heterocycles. The molecule has 12 heteroatoms. The van der Waals surface area contributed by atoms with Crippen LogP contribution < -0.4 is 0 Å². The number of halogens is 6. The van der Waals surface area contributed by atoms with Gasteiger partial charge in [-0.05, 0) is 58.3 Å². The molecule has 0 aliphatic heterocycles. The Hall–Kier alpha value is 0.111. The summed E-state index contributed by atoms with van der Waals surface area (Å²) in [5.41, 5.74) is 0. The Morgan fingerprint density at radius 1 is 0.562 bits per heavy atom. The molecule has 0 N–H and O–H groups in total. The number of hydrogen-bond acceptors (Lipinski definition) is 3. The van der Waals surface area contributed by atoms with E-state index in [0.29, 0.717) is 6.42 Å². The van der Waals surface area contributed by atoms with Crippen molar-refractivity contribution in [2.75, 3.05) is 6.61 Å². The van der Waals surface area contributed by atoms with Gasteiger partial charge < -0.3 is 13.0 Å². The minimum atomic E-state index is -5.43. The molecular weight excluding hydrogens is 486 g/mol. The second-order valence-corrected chi connectivity index (χ2v) is 23.3. The van der Waals surface area contributed by atoms with Gasteiger partial charge in [0.1, 0.15) is 0 Å². The quantitative estimate of drug-likeness (QED) is 0.114. The predicted molar refractivity (Wildman–Crippen MR) is 124 cm³/mol. The highest BCUT2D eigenvalue weighted by Crippen LogP contribution is 2.35. The lowest BCUT2D eigenvalue weighted by molar-refractivity contribution is -0.321. The molecule has 0 aliphatic rings. The van der Waals surface area contributed by atoms with Crippen LogP contribution >= 0.6 is 0 Å². The maximum Gasteiger partial charge on any atom is 0.423 e. The molecule has 32 heavy (non-hydrogen) atoms. The van der Waals surface area contributed by atoms with Crippen molar-refractivity contribution in [1.29, 1.82) is 0 Å². The lowest BCUT2D eigenvalue weighted by atomic mass is 10.1. The molecule has 0 heterocycles. The summed E-state index contributed by atoms with van der Waals surface area (Å²) in [5.74, 6) is 0. The van der Waals surface area contributed by atoms with Crippen molar-refractivity contribution in [1.82, 2.24) is 0 Å².